The fourth-order valence-corrected chi connectivity index (χ4v) is 6.38. The van der Waals surface area contributed by atoms with E-state index in [9.17, 15) is 9.18 Å². The van der Waals surface area contributed by atoms with Crippen LogP contribution in [-0.4, -0.2) is 49.3 Å². The van der Waals surface area contributed by atoms with Gasteiger partial charge in [0, 0.05) is 31.8 Å². The fraction of sp³-hybridized carbons (Fsp3) is 0.424. The first-order chi connectivity index (χ1) is 19.3. The zero-order chi connectivity index (χ0) is 28.2. The molecule has 2 heterocycles. The summed E-state index contributed by atoms with van der Waals surface area (Å²) in [5.74, 6) is 0.513. The van der Waals surface area contributed by atoms with Crippen LogP contribution in [0.4, 0.5) is 4.39 Å². The molecule has 2 atom stereocenters. The molecule has 3 aromatic rings. The van der Waals surface area contributed by atoms with Gasteiger partial charge in [0.2, 0.25) is 5.91 Å². The van der Waals surface area contributed by atoms with Crippen LogP contribution < -0.4 is 10.1 Å². The van der Waals surface area contributed by atoms with Gasteiger partial charge in [-0.25, -0.2) is 4.39 Å². The molecule has 0 spiro atoms. The van der Waals surface area contributed by atoms with E-state index in [0.717, 1.165) is 41.8 Å². The second kappa shape index (κ2) is 12.7. The first-order valence-corrected chi connectivity index (χ1v) is 14.5. The van der Waals surface area contributed by atoms with Crippen molar-refractivity contribution in [3.63, 3.8) is 0 Å². The minimum Gasteiger partial charge on any atom is -0.491 e. The van der Waals surface area contributed by atoms with Crippen molar-refractivity contribution in [3.05, 3.63) is 87.7 Å². The van der Waals surface area contributed by atoms with Gasteiger partial charge in [-0.15, -0.1) is 0 Å². The van der Waals surface area contributed by atoms with E-state index in [2.05, 4.69) is 36.2 Å². The van der Waals surface area contributed by atoms with Gasteiger partial charge >= 0.3 is 0 Å². The summed E-state index contributed by atoms with van der Waals surface area (Å²) in [6.45, 7) is 6.36. The number of nitrogens with zero attached hydrogens (tertiary/aromatic N) is 1. The lowest BCUT2D eigenvalue weighted by Gasteiger charge is -2.39. The van der Waals surface area contributed by atoms with E-state index in [1.807, 2.05) is 24.3 Å². The van der Waals surface area contributed by atoms with Crippen molar-refractivity contribution < 1.29 is 18.7 Å². The van der Waals surface area contributed by atoms with Crippen LogP contribution >= 0.6 is 11.6 Å². The SMILES string of the molecule is COCCOc1ccc(CN2C3CCC2CC(NC(=O)Cc2cccc(-c4ccc(Cl)c(F)c4)c2)C3)c(C)c1C. The zero-order valence-electron chi connectivity index (χ0n) is 23.5. The van der Waals surface area contributed by atoms with Crippen molar-refractivity contribution in [3.8, 4) is 16.9 Å². The van der Waals surface area contributed by atoms with Crippen LogP contribution in [0.3, 0.4) is 0 Å². The number of carbonyl (C=O) groups is 1. The summed E-state index contributed by atoms with van der Waals surface area (Å²) >= 11 is 5.83. The Kier molecular flexibility index (Phi) is 9.09. The Balaban J connectivity index is 1.17. The fourth-order valence-electron chi connectivity index (χ4n) is 6.26. The smallest absolute Gasteiger partial charge is 0.224 e. The van der Waals surface area contributed by atoms with Crippen LogP contribution in [0.25, 0.3) is 11.1 Å². The summed E-state index contributed by atoms with van der Waals surface area (Å²) in [7, 11) is 1.68. The molecule has 2 fully saturated rings. The molecule has 1 amide bonds. The maximum Gasteiger partial charge on any atom is 0.224 e. The minimum absolute atomic E-state index is 0.0350. The van der Waals surface area contributed by atoms with E-state index in [1.165, 1.54) is 35.6 Å². The Morgan fingerprint density at radius 1 is 1.00 bits per heavy atom. The molecule has 0 radical (unpaired) electrons. The highest BCUT2D eigenvalue weighted by Gasteiger charge is 2.41. The predicted molar refractivity (Wildman–Crippen MR) is 157 cm³/mol. The van der Waals surface area contributed by atoms with Crippen molar-refractivity contribution in [1.29, 1.82) is 0 Å². The molecule has 3 aromatic carbocycles. The normalized spacial score (nSPS) is 20.5. The highest BCUT2D eigenvalue weighted by Crippen LogP contribution is 2.38. The van der Waals surface area contributed by atoms with Crippen LogP contribution in [0.5, 0.6) is 5.75 Å². The maximum atomic E-state index is 14.0. The molecule has 2 unspecified atom stereocenters. The molecule has 5 rings (SSSR count). The number of rotatable bonds is 10. The Morgan fingerprint density at radius 3 is 2.48 bits per heavy atom. The van der Waals surface area contributed by atoms with Crippen LogP contribution in [0.2, 0.25) is 5.02 Å². The number of hydrogen-bond acceptors (Lipinski definition) is 4. The molecule has 5 nitrogen and oxygen atoms in total. The average Bonchev–Trinajstić information content (AvgIpc) is 3.16. The second-order valence-electron chi connectivity index (χ2n) is 11.1. The van der Waals surface area contributed by atoms with Crippen molar-refractivity contribution in [2.24, 2.45) is 0 Å². The number of amides is 1. The number of halogens is 2. The van der Waals surface area contributed by atoms with E-state index in [0.29, 0.717) is 31.7 Å². The molecule has 0 saturated carbocycles. The quantitative estimate of drug-likeness (QED) is 0.280. The molecule has 2 saturated heterocycles. The van der Waals surface area contributed by atoms with Gasteiger partial charge in [-0.05, 0) is 91.1 Å². The third kappa shape index (κ3) is 6.51. The molecule has 0 aliphatic carbocycles. The predicted octanol–water partition coefficient (Wildman–Crippen LogP) is 6.64. The molecule has 2 aliphatic rings. The Morgan fingerprint density at radius 2 is 1.75 bits per heavy atom. The van der Waals surface area contributed by atoms with Gasteiger partial charge in [-0.1, -0.05) is 48.0 Å². The number of nitrogens with one attached hydrogen (secondary N) is 1. The number of fused-ring (bicyclic) bond motifs is 2. The van der Waals surface area contributed by atoms with Crippen LogP contribution in [0.1, 0.15) is 47.9 Å². The third-order valence-corrected chi connectivity index (χ3v) is 8.85. The molecule has 40 heavy (non-hydrogen) atoms. The third-order valence-electron chi connectivity index (χ3n) is 8.54. The van der Waals surface area contributed by atoms with Gasteiger partial charge in [-0.2, -0.15) is 0 Å². The molecule has 2 aliphatic heterocycles. The van der Waals surface area contributed by atoms with Crippen LogP contribution in [0, 0.1) is 19.7 Å². The Hall–Kier alpha value is -2.93. The van der Waals surface area contributed by atoms with Crippen LogP contribution in [0.15, 0.2) is 54.6 Å². The summed E-state index contributed by atoms with van der Waals surface area (Å²) in [6.07, 6.45) is 4.60. The average molecular weight is 565 g/mol. The van der Waals surface area contributed by atoms with Crippen LogP contribution in [-0.2, 0) is 22.5 Å². The summed E-state index contributed by atoms with van der Waals surface area (Å²) < 4.78 is 24.9. The molecule has 2 bridgehead atoms. The number of benzene rings is 3. The summed E-state index contributed by atoms with van der Waals surface area (Å²) in [5.41, 5.74) is 6.34. The van der Waals surface area contributed by atoms with E-state index in [-0.39, 0.29) is 17.0 Å². The number of ether oxygens (including phenoxy) is 2. The molecule has 0 aromatic heterocycles. The second-order valence-corrected chi connectivity index (χ2v) is 11.5. The molecule has 212 valence electrons. The molecular weight excluding hydrogens is 527 g/mol. The number of piperidine rings is 1. The highest BCUT2D eigenvalue weighted by molar-refractivity contribution is 6.30. The molecule has 7 heteroatoms. The van der Waals surface area contributed by atoms with Crippen molar-refractivity contribution >= 4 is 17.5 Å². The number of methoxy groups -OCH3 is 1. The van der Waals surface area contributed by atoms with Crippen molar-refractivity contribution in [2.45, 2.75) is 70.6 Å². The summed E-state index contributed by atoms with van der Waals surface area (Å²) in [4.78, 5) is 15.7. The van der Waals surface area contributed by atoms with Crippen molar-refractivity contribution in [2.75, 3.05) is 20.3 Å². The van der Waals surface area contributed by atoms with Gasteiger partial charge in [-0.3, -0.25) is 9.69 Å². The lowest BCUT2D eigenvalue weighted by atomic mass is 9.94. The number of carbonyl (C=O) groups excluding carboxylic acids is 1. The summed E-state index contributed by atoms with van der Waals surface area (Å²) in [6, 6.07) is 17.9. The highest BCUT2D eigenvalue weighted by atomic mass is 35.5. The maximum absolute atomic E-state index is 14.0. The zero-order valence-corrected chi connectivity index (χ0v) is 24.3. The van der Waals surface area contributed by atoms with Gasteiger partial charge in [0.05, 0.1) is 18.1 Å². The summed E-state index contributed by atoms with van der Waals surface area (Å²) in [5, 5.41) is 3.41. The first-order valence-electron chi connectivity index (χ1n) is 14.1. The molecule has 1 N–H and O–H groups in total. The monoisotopic (exact) mass is 564 g/mol. The molecular formula is C33H38ClFN2O3. The topological polar surface area (TPSA) is 50.8 Å². The largest absolute Gasteiger partial charge is 0.491 e. The first kappa shape index (κ1) is 28.6. The van der Waals surface area contributed by atoms with E-state index >= 15 is 0 Å². The van der Waals surface area contributed by atoms with E-state index in [1.54, 1.807) is 19.2 Å². The van der Waals surface area contributed by atoms with Gasteiger partial charge in [0.1, 0.15) is 18.2 Å². The van der Waals surface area contributed by atoms with Crippen molar-refractivity contribution in [1.82, 2.24) is 10.2 Å². The Labute approximate surface area is 241 Å². The van der Waals surface area contributed by atoms with E-state index < -0.39 is 5.82 Å². The van der Waals surface area contributed by atoms with Gasteiger partial charge < -0.3 is 14.8 Å². The minimum atomic E-state index is -0.447. The Bertz CT molecular complexity index is 1350. The van der Waals surface area contributed by atoms with Gasteiger partial charge in [0.25, 0.3) is 0 Å². The van der Waals surface area contributed by atoms with E-state index in [4.69, 9.17) is 21.1 Å². The van der Waals surface area contributed by atoms with Gasteiger partial charge in [0.15, 0.2) is 0 Å². The standard InChI is InChI=1S/C33H38ClFN2O3/c1-21-22(2)32(40-14-13-39-3)12-8-26(21)20-37-28-9-10-29(37)19-27(18-28)36-33(38)16-23-5-4-6-24(15-23)25-7-11-30(34)31(35)17-25/h4-8,11-12,15,17,27-29H,9-10,13-14,16,18-20H2,1-3H3,(H,36,38). The lowest BCUT2D eigenvalue weighted by molar-refractivity contribution is -0.121. The number of hydrogen-bond donors (Lipinski definition) is 1. The lowest BCUT2D eigenvalue weighted by Crippen LogP contribution is -2.50.